The Kier molecular flexibility index (Phi) is 6.14. The van der Waals surface area contributed by atoms with Crippen LogP contribution in [0.3, 0.4) is 0 Å². The van der Waals surface area contributed by atoms with Gasteiger partial charge in [0.2, 0.25) is 0 Å². The van der Waals surface area contributed by atoms with Crippen molar-refractivity contribution in [2.45, 2.75) is 18.9 Å². The van der Waals surface area contributed by atoms with Gasteiger partial charge in [0.05, 0.1) is 0 Å². The van der Waals surface area contributed by atoms with E-state index in [4.69, 9.17) is 10.5 Å². The lowest BCUT2D eigenvalue weighted by molar-refractivity contribution is 0.192. The molecule has 0 aromatic carbocycles. The van der Waals surface area contributed by atoms with Gasteiger partial charge in [-0.05, 0) is 18.2 Å². The second kappa shape index (κ2) is 6.13. The molecule has 2 N–H and O–H groups in total. The Bertz CT molecular complexity index is 77.5. The van der Waals surface area contributed by atoms with Crippen LogP contribution in [0.25, 0.3) is 0 Å². The first kappa shape index (κ1) is 9.01. The summed E-state index contributed by atoms with van der Waals surface area (Å²) in [6.07, 6.45) is 1.92. The first-order valence-electron chi connectivity index (χ1n) is 3.01. The minimum Gasteiger partial charge on any atom is -0.385 e. The van der Waals surface area contributed by atoms with E-state index in [0.29, 0.717) is 0 Å². The molecule has 0 radical (unpaired) electrons. The molecule has 0 saturated heterocycles. The number of ether oxygens (including phenoxy) is 1. The van der Waals surface area contributed by atoms with E-state index in [2.05, 4.69) is 12.2 Å². The predicted molar refractivity (Wildman–Crippen MR) is 42.7 cm³/mol. The minimum absolute atomic E-state index is 0.0650. The van der Waals surface area contributed by atoms with Gasteiger partial charge in [0.1, 0.15) is 0 Å². The first-order valence-corrected chi connectivity index (χ1v) is 3.48. The van der Waals surface area contributed by atoms with Crippen molar-refractivity contribution in [3.8, 4) is 0 Å². The van der Waals surface area contributed by atoms with Gasteiger partial charge in [0.15, 0.2) is 0 Å². The van der Waals surface area contributed by atoms with Gasteiger partial charge in [-0.3, -0.25) is 0 Å². The smallest absolute Gasteiger partial charge is 0.0462 e. The van der Waals surface area contributed by atoms with Gasteiger partial charge in [-0.15, -0.1) is 0 Å². The molecule has 1 unspecified atom stereocenters. The molecule has 0 fully saturated rings. The summed E-state index contributed by atoms with van der Waals surface area (Å²) in [6, 6.07) is 0.0650. The maximum Gasteiger partial charge on any atom is 0.0462 e. The van der Waals surface area contributed by atoms with Crippen molar-refractivity contribution in [2.75, 3.05) is 13.7 Å². The van der Waals surface area contributed by atoms with Crippen molar-refractivity contribution < 1.29 is 4.74 Å². The van der Waals surface area contributed by atoms with E-state index < -0.39 is 0 Å². The minimum atomic E-state index is 0.0650. The third-order valence-corrected chi connectivity index (χ3v) is 1.41. The van der Waals surface area contributed by atoms with Gasteiger partial charge in [0, 0.05) is 19.8 Å². The van der Waals surface area contributed by atoms with Gasteiger partial charge in [-0.1, -0.05) is 12.2 Å². The molecule has 9 heavy (non-hydrogen) atoms. The molecule has 0 rings (SSSR count). The molecule has 1 atom stereocenters. The van der Waals surface area contributed by atoms with Crippen LogP contribution >= 0.6 is 12.2 Å². The highest BCUT2D eigenvalue weighted by molar-refractivity contribution is 7.79. The second-order valence-electron chi connectivity index (χ2n) is 1.93. The highest BCUT2D eigenvalue weighted by Gasteiger charge is 1.94. The fraction of sp³-hybridized carbons (Fsp3) is 0.833. The zero-order valence-corrected chi connectivity index (χ0v) is 6.49. The zero-order chi connectivity index (χ0) is 7.11. The van der Waals surface area contributed by atoms with Crippen LogP contribution in [0.4, 0.5) is 0 Å². The summed E-state index contributed by atoms with van der Waals surface area (Å²) in [7, 11) is 1.68. The predicted octanol–water partition coefficient (Wildman–Crippen LogP) is 0.740. The summed E-state index contributed by atoms with van der Waals surface area (Å²) in [6.45, 7) is 0.775. The van der Waals surface area contributed by atoms with E-state index in [0.717, 1.165) is 19.4 Å². The molecule has 0 aliphatic heterocycles. The van der Waals surface area contributed by atoms with E-state index in [1.165, 1.54) is 0 Å². The third kappa shape index (κ3) is 5.89. The monoisotopic (exact) mass is 147 g/mol. The van der Waals surface area contributed by atoms with Gasteiger partial charge in [-0.2, -0.15) is 0 Å². The summed E-state index contributed by atoms with van der Waals surface area (Å²) in [5.74, 6) is 0. The molecule has 0 aliphatic carbocycles. The molecule has 0 aromatic rings. The Labute approximate surface area is 61.4 Å². The quantitative estimate of drug-likeness (QED) is 0.460. The fourth-order valence-corrected chi connectivity index (χ4v) is 0.667. The van der Waals surface area contributed by atoms with Crippen molar-refractivity contribution in [1.82, 2.24) is 0 Å². The molecule has 0 bridgehead atoms. The molecule has 3 heteroatoms. The lowest BCUT2D eigenvalue weighted by Crippen LogP contribution is -2.20. The highest BCUT2D eigenvalue weighted by atomic mass is 32.1. The molecule has 0 heterocycles. The van der Waals surface area contributed by atoms with Crippen molar-refractivity contribution in [2.24, 2.45) is 5.73 Å². The molecule has 0 saturated carbocycles. The van der Waals surface area contributed by atoms with Crippen LogP contribution in [0.15, 0.2) is 0 Å². The first-order chi connectivity index (χ1) is 4.31. The molecule has 0 aromatic heterocycles. The van der Waals surface area contributed by atoms with Crippen molar-refractivity contribution in [3.05, 3.63) is 0 Å². The normalized spacial score (nSPS) is 13.1. The molecule has 0 spiro atoms. The summed E-state index contributed by atoms with van der Waals surface area (Å²) in [5.41, 5.74) is 5.50. The van der Waals surface area contributed by atoms with Crippen LogP contribution in [0.1, 0.15) is 12.8 Å². The zero-order valence-electron chi connectivity index (χ0n) is 5.67. The highest BCUT2D eigenvalue weighted by Crippen LogP contribution is 1.91. The lowest BCUT2D eigenvalue weighted by atomic mass is 10.2. The summed E-state index contributed by atoms with van der Waals surface area (Å²) in [5, 5.41) is 1.59. The third-order valence-electron chi connectivity index (χ3n) is 1.06. The molecule has 2 nitrogen and oxygen atoms in total. The Hall–Kier alpha value is 0.01000. The number of hydrogen-bond donors (Lipinski definition) is 1. The van der Waals surface area contributed by atoms with Gasteiger partial charge < -0.3 is 10.5 Å². The number of thiocarbonyl (C=S) groups is 1. The number of hydrogen-bond acceptors (Lipinski definition) is 3. The Balaban J connectivity index is 2.96. The largest absolute Gasteiger partial charge is 0.385 e. The van der Waals surface area contributed by atoms with Crippen LogP contribution in [0.5, 0.6) is 0 Å². The lowest BCUT2D eigenvalue weighted by Gasteiger charge is -2.02. The van der Waals surface area contributed by atoms with E-state index in [9.17, 15) is 0 Å². The summed E-state index contributed by atoms with van der Waals surface area (Å²) < 4.78 is 4.83. The number of methoxy groups -OCH3 is 1. The Morgan fingerprint density at radius 1 is 1.78 bits per heavy atom. The van der Waals surface area contributed by atoms with Gasteiger partial charge in [-0.25, -0.2) is 0 Å². The average Bonchev–Trinajstić information content (AvgIpc) is 1.89. The molecular formula is C6H13NOS. The van der Waals surface area contributed by atoms with Crippen LogP contribution in [-0.2, 0) is 4.74 Å². The van der Waals surface area contributed by atoms with Crippen LogP contribution in [0.2, 0.25) is 0 Å². The molecule has 0 amide bonds. The SMILES string of the molecule is COCCCC(N)C=S. The maximum absolute atomic E-state index is 5.50. The van der Waals surface area contributed by atoms with Gasteiger partial charge in [0.25, 0.3) is 0 Å². The maximum atomic E-state index is 5.50. The van der Waals surface area contributed by atoms with Crippen molar-refractivity contribution >= 4 is 17.6 Å². The van der Waals surface area contributed by atoms with Crippen LogP contribution in [-0.4, -0.2) is 25.1 Å². The number of nitrogens with two attached hydrogens (primary N) is 1. The fourth-order valence-electron chi connectivity index (χ4n) is 0.531. The summed E-state index contributed by atoms with van der Waals surface area (Å²) >= 11 is 4.63. The van der Waals surface area contributed by atoms with Gasteiger partial charge >= 0.3 is 0 Å². The summed E-state index contributed by atoms with van der Waals surface area (Å²) in [4.78, 5) is 0. The second-order valence-corrected chi connectivity index (χ2v) is 2.21. The molecule has 0 aliphatic rings. The van der Waals surface area contributed by atoms with E-state index >= 15 is 0 Å². The van der Waals surface area contributed by atoms with E-state index in [1.54, 1.807) is 12.5 Å². The van der Waals surface area contributed by atoms with E-state index in [1.807, 2.05) is 0 Å². The standard InChI is InChI=1S/C6H13NOS/c1-8-4-2-3-6(7)5-9/h5-6H,2-4,7H2,1H3. The van der Waals surface area contributed by atoms with Crippen LogP contribution in [0, 0.1) is 0 Å². The average molecular weight is 147 g/mol. The van der Waals surface area contributed by atoms with Crippen molar-refractivity contribution in [3.63, 3.8) is 0 Å². The molecular weight excluding hydrogens is 134 g/mol. The van der Waals surface area contributed by atoms with E-state index in [-0.39, 0.29) is 6.04 Å². The Morgan fingerprint density at radius 3 is 2.89 bits per heavy atom. The number of rotatable bonds is 5. The Morgan fingerprint density at radius 2 is 2.44 bits per heavy atom. The topological polar surface area (TPSA) is 35.2 Å². The van der Waals surface area contributed by atoms with Crippen LogP contribution < -0.4 is 5.73 Å². The van der Waals surface area contributed by atoms with Crippen molar-refractivity contribution in [1.29, 1.82) is 0 Å². The molecule has 54 valence electrons.